The second-order valence-corrected chi connectivity index (χ2v) is 7.28. The van der Waals surface area contributed by atoms with E-state index in [0.717, 1.165) is 0 Å². The van der Waals surface area contributed by atoms with Crippen LogP contribution in [-0.2, 0) is 0 Å². The topological polar surface area (TPSA) is 0 Å². The number of hydrogen-bond donors (Lipinski definition) is 0. The minimum Gasteiger partial charge on any atom is -0.0683 e. The first kappa shape index (κ1) is 28.7. The quantitative estimate of drug-likeness (QED) is 0.271. The van der Waals surface area contributed by atoms with Crippen molar-refractivity contribution in [1.29, 1.82) is 0 Å². The summed E-state index contributed by atoms with van der Waals surface area (Å²) in [5, 5.41) is 2.55. The van der Waals surface area contributed by atoms with Crippen LogP contribution in [0.2, 0.25) is 0 Å². The van der Waals surface area contributed by atoms with Crippen molar-refractivity contribution in [2.24, 2.45) is 0 Å². The Kier molecular flexibility index (Phi) is 13.7. The van der Waals surface area contributed by atoms with Crippen molar-refractivity contribution >= 4 is 35.1 Å². The molecule has 0 N–H and O–H groups in total. The molecule has 0 radical (unpaired) electrons. The third kappa shape index (κ3) is 8.52. The minimum absolute atomic E-state index is 1.22. The van der Waals surface area contributed by atoms with Crippen LogP contribution in [0.3, 0.4) is 0 Å². The molecule has 0 aliphatic heterocycles. The van der Waals surface area contributed by atoms with Gasteiger partial charge < -0.3 is 0 Å². The molecule has 0 heterocycles. The third-order valence-corrected chi connectivity index (χ3v) is 5.03. The fraction of sp³-hybridized carbons (Fsp3) is 0.235. The van der Waals surface area contributed by atoms with Gasteiger partial charge in [-0.15, -0.1) is 0 Å². The van der Waals surface area contributed by atoms with Gasteiger partial charge in [0.25, 0.3) is 0 Å². The first-order valence-electron chi connectivity index (χ1n) is 12.7. The molecule has 4 aromatic rings. The van der Waals surface area contributed by atoms with E-state index >= 15 is 0 Å². The maximum atomic E-state index is 2.22. The molecule has 4 rings (SSSR count). The normalized spacial score (nSPS) is 10.1. The molecule has 4 aromatic carbocycles. The summed E-state index contributed by atoms with van der Waals surface area (Å²) in [6.07, 6.45) is 8.82. The van der Waals surface area contributed by atoms with Crippen molar-refractivity contribution < 1.29 is 0 Å². The van der Waals surface area contributed by atoms with Gasteiger partial charge in [-0.25, -0.2) is 0 Å². The van der Waals surface area contributed by atoms with Crippen LogP contribution in [-0.4, -0.2) is 0 Å². The summed E-state index contributed by atoms with van der Waals surface area (Å²) in [6, 6.07) is 30.3. The van der Waals surface area contributed by atoms with E-state index in [1.807, 2.05) is 41.5 Å². The van der Waals surface area contributed by atoms with Crippen LogP contribution in [0.4, 0.5) is 0 Å². The average Bonchev–Trinajstić information content (AvgIpc) is 2.91. The Balaban J connectivity index is 0.000000894. The Morgan fingerprint density at radius 1 is 0.412 bits per heavy atom. The smallest absolute Gasteiger partial charge is 0.00389 e. The molecular formula is C34H42. The molecule has 0 amide bonds. The van der Waals surface area contributed by atoms with E-state index in [1.165, 1.54) is 44.2 Å². The molecule has 0 atom stereocenters. The van der Waals surface area contributed by atoms with Gasteiger partial charge in [-0.2, -0.15) is 0 Å². The lowest BCUT2D eigenvalue weighted by atomic mass is 9.97. The molecule has 0 unspecified atom stereocenters. The molecule has 0 aliphatic rings. The van der Waals surface area contributed by atoms with E-state index in [-0.39, 0.29) is 0 Å². The van der Waals surface area contributed by atoms with Crippen molar-refractivity contribution in [3.8, 4) is 0 Å². The number of benzene rings is 4. The average molecular weight is 451 g/mol. The van der Waals surface area contributed by atoms with E-state index in [9.17, 15) is 0 Å². The predicted octanol–water partition coefficient (Wildman–Crippen LogP) is 10.9. The summed E-state index contributed by atoms with van der Waals surface area (Å²) in [6.45, 7) is 16.2. The van der Waals surface area contributed by atoms with Crippen molar-refractivity contribution in [2.45, 2.75) is 55.4 Å². The molecule has 0 fully saturated rings. The molecule has 178 valence electrons. The van der Waals surface area contributed by atoms with Crippen molar-refractivity contribution in [3.05, 3.63) is 118 Å². The second-order valence-electron chi connectivity index (χ2n) is 7.28. The first-order valence-corrected chi connectivity index (χ1v) is 12.7. The molecule has 34 heavy (non-hydrogen) atoms. The largest absolute Gasteiger partial charge is 0.0683 e. The first-order chi connectivity index (χ1) is 16.7. The van der Waals surface area contributed by atoms with Gasteiger partial charge in [-0.05, 0) is 46.9 Å². The highest BCUT2D eigenvalue weighted by atomic mass is 14.1. The van der Waals surface area contributed by atoms with Crippen LogP contribution >= 0.6 is 0 Å². The highest BCUT2D eigenvalue weighted by Crippen LogP contribution is 2.26. The summed E-state index contributed by atoms with van der Waals surface area (Å²) < 4.78 is 0. The number of hydrogen-bond acceptors (Lipinski definition) is 0. The monoisotopic (exact) mass is 450 g/mol. The van der Waals surface area contributed by atoms with E-state index in [2.05, 4.69) is 123 Å². The number of fused-ring (bicyclic) bond motifs is 1. The fourth-order valence-corrected chi connectivity index (χ4v) is 3.40. The zero-order chi connectivity index (χ0) is 25.3. The number of rotatable bonds is 4. The second kappa shape index (κ2) is 16.3. The summed E-state index contributed by atoms with van der Waals surface area (Å²) >= 11 is 0. The molecule has 0 saturated heterocycles. The zero-order valence-electron chi connectivity index (χ0n) is 22.4. The molecule has 0 bridgehead atoms. The van der Waals surface area contributed by atoms with Crippen LogP contribution < -0.4 is 0 Å². The summed E-state index contributed by atoms with van der Waals surface area (Å²) in [4.78, 5) is 0. The SMILES string of the molecule is CC.CC.CC.Cc1ccc(/C=C\c2cccc3cccc(/C=C\c4ccc(C)cc4)c23)cc1. The standard InChI is InChI=1S/C28H24.3C2H6/c1-21-9-13-23(14-10-21)17-19-26-7-3-5-25-6-4-8-27(28(25)26)20-18-24-15-11-22(2)12-16-24;3*1-2/h3-20H,1-2H3;3*1-2H3/b19-17-,20-18-;;;. The third-order valence-electron chi connectivity index (χ3n) is 5.03. The lowest BCUT2D eigenvalue weighted by molar-refractivity contribution is 1.46. The van der Waals surface area contributed by atoms with Crippen LogP contribution in [0.5, 0.6) is 0 Å². The Bertz CT molecular complexity index is 1050. The van der Waals surface area contributed by atoms with Crippen molar-refractivity contribution in [2.75, 3.05) is 0 Å². The van der Waals surface area contributed by atoms with Crippen LogP contribution in [0.1, 0.15) is 74.9 Å². The Morgan fingerprint density at radius 2 is 0.765 bits per heavy atom. The summed E-state index contributed by atoms with van der Waals surface area (Å²) in [5.74, 6) is 0. The van der Waals surface area contributed by atoms with Gasteiger partial charge in [-0.1, -0.05) is 162 Å². The van der Waals surface area contributed by atoms with E-state index in [4.69, 9.17) is 0 Å². The van der Waals surface area contributed by atoms with Crippen LogP contribution in [0.15, 0.2) is 84.9 Å². The molecular weight excluding hydrogens is 408 g/mol. The minimum atomic E-state index is 1.22. The summed E-state index contributed by atoms with van der Waals surface area (Å²) in [5.41, 5.74) is 7.48. The van der Waals surface area contributed by atoms with Gasteiger partial charge in [0.1, 0.15) is 0 Å². The highest BCUT2D eigenvalue weighted by Gasteiger charge is 2.02. The Morgan fingerprint density at radius 3 is 1.12 bits per heavy atom. The van der Waals surface area contributed by atoms with Gasteiger partial charge >= 0.3 is 0 Å². The Labute approximate surface area is 208 Å². The van der Waals surface area contributed by atoms with Gasteiger partial charge in [-0.3, -0.25) is 0 Å². The molecule has 0 spiro atoms. The summed E-state index contributed by atoms with van der Waals surface area (Å²) in [7, 11) is 0. The zero-order valence-corrected chi connectivity index (χ0v) is 22.4. The number of aryl methyl sites for hydroxylation is 2. The van der Waals surface area contributed by atoms with E-state index in [0.29, 0.717) is 0 Å². The molecule has 0 aliphatic carbocycles. The van der Waals surface area contributed by atoms with Crippen LogP contribution in [0, 0.1) is 13.8 Å². The Hall–Kier alpha value is -3.38. The lowest BCUT2D eigenvalue weighted by Gasteiger charge is -2.07. The van der Waals surface area contributed by atoms with Gasteiger partial charge in [0.05, 0.1) is 0 Å². The van der Waals surface area contributed by atoms with Gasteiger partial charge in [0.2, 0.25) is 0 Å². The predicted molar refractivity (Wildman–Crippen MR) is 158 cm³/mol. The van der Waals surface area contributed by atoms with Crippen LogP contribution in [0.25, 0.3) is 35.1 Å². The molecule has 0 nitrogen and oxygen atoms in total. The maximum absolute atomic E-state index is 2.22. The lowest BCUT2D eigenvalue weighted by Crippen LogP contribution is -1.83. The van der Waals surface area contributed by atoms with Gasteiger partial charge in [0.15, 0.2) is 0 Å². The molecule has 0 aromatic heterocycles. The van der Waals surface area contributed by atoms with Crippen molar-refractivity contribution in [3.63, 3.8) is 0 Å². The van der Waals surface area contributed by atoms with Gasteiger partial charge in [0, 0.05) is 0 Å². The van der Waals surface area contributed by atoms with E-state index < -0.39 is 0 Å². The highest BCUT2D eigenvalue weighted by molar-refractivity contribution is 5.99. The maximum Gasteiger partial charge on any atom is -0.00389 e. The fourth-order valence-electron chi connectivity index (χ4n) is 3.40. The van der Waals surface area contributed by atoms with E-state index in [1.54, 1.807) is 0 Å². The van der Waals surface area contributed by atoms with Crippen molar-refractivity contribution in [1.82, 2.24) is 0 Å². The molecule has 0 heteroatoms. The molecule has 0 saturated carbocycles.